The second-order valence-electron chi connectivity index (χ2n) is 5.77. The van der Waals surface area contributed by atoms with E-state index in [2.05, 4.69) is 0 Å². The molecule has 3 unspecified atom stereocenters. The van der Waals surface area contributed by atoms with Crippen molar-refractivity contribution in [2.75, 3.05) is 0 Å². The van der Waals surface area contributed by atoms with Gasteiger partial charge in [0.1, 0.15) is 11.4 Å². The molecule has 17 heavy (non-hydrogen) atoms. The normalized spacial score (nSPS) is 19.5. The second-order valence-corrected chi connectivity index (χ2v) is 7.88. The van der Waals surface area contributed by atoms with E-state index in [1.807, 2.05) is 27.7 Å². The largest absolute Gasteiger partial charge is 0.338 e. The molecule has 0 rings (SSSR count). The predicted molar refractivity (Wildman–Crippen MR) is 69.2 cm³/mol. The Kier molecular flexibility index (Phi) is 6.06. The smallest absolute Gasteiger partial charge is 0.324 e. The van der Waals surface area contributed by atoms with Crippen LogP contribution >= 0.6 is 7.60 Å². The minimum atomic E-state index is -3.85. The van der Waals surface area contributed by atoms with Crippen LogP contribution in [0, 0.1) is 5.41 Å². The van der Waals surface area contributed by atoms with Gasteiger partial charge >= 0.3 is 7.60 Å². The van der Waals surface area contributed by atoms with Crippen LogP contribution in [-0.2, 0) is 13.9 Å². The van der Waals surface area contributed by atoms with Gasteiger partial charge < -0.3 is 9.42 Å². The Morgan fingerprint density at radius 1 is 1.35 bits per heavy atom. The topological polar surface area (TPSA) is 63.6 Å². The van der Waals surface area contributed by atoms with Gasteiger partial charge in [0.25, 0.3) is 0 Å². The standard InChI is InChI=1S/C12H25O4P/c1-7-9(2)16-17(14,15)10(3)11(13)8-12(4,5)6/h9-10H,7-8H2,1-6H3,(H,14,15). The summed E-state index contributed by atoms with van der Waals surface area (Å²) in [4.78, 5) is 21.6. The maximum Gasteiger partial charge on any atom is 0.338 e. The van der Waals surface area contributed by atoms with E-state index in [4.69, 9.17) is 4.52 Å². The van der Waals surface area contributed by atoms with Gasteiger partial charge in [0.05, 0.1) is 6.10 Å². The van der Waals surface area contributed by atoms with Crippen LogP contribution in [0.3, 0.4) is 0 Å². The molecule has 0 amide bonds. The van der Waals surface area contributed by atoms with Crippen LogP contribution in [0.5, 0.6) is 0 Å². The average Bonchev–Trinajstić information content (AvgIpc) is 2.13. The Bertz CT molecular complexity index is 306. The van der Waals surface area contributed by atoms with Crippen molar-refractivity contribution in [3.8, 4) is 0 Å². The van der Waals surface area contributed by atoms with Crippen molar-refractivity contribution >= 4 is 13.4 Å². The molecule has 0 aliphatic carbocycles. The van der Waals surface area contributed by atoms with Crippen molar-refractivity contribution in [3.63, 3.8) is 0 Å². The first-order valence-corrected chi connectivity index (χ1v) is 7.68. The van der Waals surface area contributed by atoms with Crippen LogP contribution in [0.1, 0.15) is 54.4 Å². The highest BCUT2D eigenvalue weighted by molar-refractivity contribution is 7.54. The van der Waals surface area contributed by atoms with Gasteiger partial charge in [0, 0.05) is 6.42 Å². The lowest BCUT2D eigenvalue weighted by atomic mass is 9.89. The second kappa shape index (κ2) is 6.12. The molecule has 0 spiro atoms. The first-order valence-electron chi connectivity index (χ1n) is 6.03. The van der Waals surface area contributed by atoms with E-state index in [-0.39, 0.29) is 23.7 Å². The minimum absolute atomic E-state index is 0.179. The fourth-order valence-corrected chi connectivity index (χ4v) is 2.58. The summed E-state index contributed by atoms with van der Waals surface area (Å²) in [5.41, 5.74) is -1.13. The van der Waals surface area contributed by atoms with Crippen molar-refractivity contribution in [1.29, 1.82) is 0 Å². The SMILES string of the molecule is CCC(C)OP(=O)(O)C(C)C(=O)CC(C)(C)C. The third-order valence-electron chi connectivity index (χ3n) is 2.57. The molecule has 0 bridgehead atoms. The molecule has 3 atom stereocenters. The Balaban J connectivity index is 4.63. The molecule has 0 heterocycles. The van der Waals surface area contributed by atoms with Crippen molar-refractivity contribution in [2.45, 2.75) is 66.1 Å². The van der Waals surface area contributed by atoms with Crippen LogP contribution in [0.15, 0.2) is 0 Å². The number of carbonyl (C=O) groups is 1. The van der Waals surface area contributed by atoms with Crippen molar-refractivity contribution in [1.82, 2.24) is 0 Å². The first kappa shape index (κ1) is 16.8. The van der Waals surface area contributed by atoms with Crippen molar-refractivity contribution in [3.05, 3.63) is 0 Å². The Hall–Kier alpha value is -0.180. The molecule has 0 aromatic rings. The molecule has 5 heteroatoms. The Morgan fingerprint density at radius 2 is 1.82 bits per heavy atom. The summed E-state index contributed by atoms with van der Waals surface area (Å²) in [5, 5.41) is 0. The minimum Gasteiger partial charge on any atom is -0.324 e. The summed E-state index contributed by atoms with van der Waals surface area (Å²) in [6.07, 6.45) is 0.614. The first-order chi connectivity index (χ1) is 7.49. The molecule has 0 aromatic heterocycles. The van der Waals surface area contributed by atoms with Gasteiger partial charge in [0.2, 0.25) is 0 Å². The van der Waals surface area contributed by atoms with E-state index >= 15 is 0 Å². The number of rotatable bonds is 6. The molecule has 0 aromatic carbocycles. The third kappa shape index (κ3) is 6.35. The van der Waals surface area contributed by atoms with Crippen LogP contribution in [-0.4, -0.2) is 22.4 Å². The van der Waals surface area contributed by atoms with Gasteiger partial charge in [-0.1, -0.05) is 27.7 Å². The maximum atomic E-state index is 11.9. The molecule has 0 fully saturated rings. The zero-order valence-corrected chi connectivity index (χ0v) is 12.6. The van der Waals surface area contributed by atoms with E-state index in [1.165, 1.54) is 6.92 Å². The van der Waals surface area contributed by atoms with Gasteiger partial charge in [-0.2, -0.15) is 0 Å². The van der Waals surface area contributed by atoms with Gasteiger partial charge in [-0.05, 0) is 25.7 Å². The van der Waals surface area contributed by atoms with E-state index in [0.717, 1.165) is 0 Å². The predicted octanol–water partition coefficient (Wildman–Crippen LogP) is 3.38. The Labute approximate surface area is 104 Å². The van der Waals surface area contributed by atoms with Crippen LogP contribution in [0.25, 0.3) is 0 Å². The summed E-state index contributed by atoms with van der Waals surface area (Å²) in [6.45, 7) is 10.8. The molecular weight excluding hydrogens is 239 g/mol. The van der Waals surface area contributed by atoms with Crippen molar-refractivity contribution in [2.24, 2.45) is 5.41 Å². The zero-order chi connectivity index (χ0) is 13.9. The average molecular weight is 264 g/mol. The highest BCUT2D eigenvalue weighted by atomic mass is 31.2. The summed E-state index contributed by atoms with van der Waals surface area (Å²) >= 11 is 0. The van der Waals surface area contributed by atoms with E-state index in [9.17, 15) is 14.3 Å². The van der Waals surface area contributed by atoms with Gasteiger partial charge in [0.15, 0.2) is 0 Å². The number of ketones is 1. The molecular formula is C12H25O4P. The molecule has 102 valence electrons. The number of hydrogen-bond donors (Lipinski definition) is 1. The summed E-state index contributed by atoms with van der Waals surface area (Å²) < 4.78 is 17.0. The molecule has 0 radical (unpaired) electrons. The molecule has 0 saturated heterocycles. The number of Topliss-reactive ketones (excluding diaryl/α,β-unsaturated/α-hetero) is 1. The van der Waals surface area contributed by atoms with Gasteiger partial charge in [-0.3, -0.25) is 9.36 Å². The summed E-state index contributed by atoms with van der Waals surface area (Å²) in [6, 6.07) is 0. The summed E-state index contributed by atoms with van der Waals surface area (Å²) in [5.74, 6) is -0.216. The lowest BCUT2D eigenvalue weighted by molar-refractivity contribution is -0.120. The molecule has 0 aliphatic heterocycles. The summed E-state index contributed by atoms with van der Waals surface area (Å²) in [7, 11) is -3.85. The number of carbonyl (C=O) groups excluding carboxylic acids is 1. The van der Waals surface area contributed by atoms with Crippen molar-refractivity contribution < 1.29 is 18.8 Å². The maximum absolute atomic E-state index is 11.9. The molecule has 4 nitrogen and oxygen atoms in total. The lowest BCUT2D eigenvalue weighted by Crippen LogP contribution is -2.25. The fourth-order valence-electron chi connectivity index (χ4n) is 1.28. The number of hydrogen-bond acceptors (Lipinski definition) is 3. The lowest BCUT2D eigenvalue weighted by Gasteiger charge is -2.24. The molecule has 0 aliphatic rings. The zero-order valence-electron chi connectivity index (χ0n) is 11.7. The van der Waals surface area contributed by atoms with Gasteiger partial charge in [-0.25, -0.2) is 0 Å². The monoisotopic (exact) mass is 264 g/mol. The molecule has 1 N–H and O–H groups in total. The van der Waals surface area contributed by atoms with E-state index in [1.54, 1.807) is 6.92 Å². The van der Waals surface area contributed by atoms with Crippen LogP contribution in [0.2, 0.25) is 0 Å². The van der Waals surface area contributed by atoms with Crippen LogP contribution in [0.4, 0.5) is 0 Å². The highest BCUT2D eigenvalue weighted by Crippen LogP contribution is 2.50. The van der Waals surface area contributed by atoms with Gasteiger partial charge in [-0.15, -0.1) is 0 Å². The van der Waals surface area contributed by atoms with E-state index < -0.39 is 13.3 Å². The molecule has 0 saturated carbocycles. The fraction of sp³-hybridized carbons (Fsp3) is 0.917. The Morgan fingerprint density at radius 3 is 2.18 bits per heavy atom. The van der Waals surface area contributed by atoms with Crippen LogP contribution < -0.4 is 0 Å². The highest BCUT2D eigenvalue weighted by Gasteiger charge is 2.36. The quantitative estimate of drug-likeness (QED) is 0.747. The van der Waals surface area contributed by atoms with E-state index in [0.29, 0.717) is 6.42 Å². The third-order valence-corrected chi connectivity index (χ3v) is 4.49.